The van der Waals surface area contributed by atoms with E-state index in [9.17, 15) is 14.0 Å². The van der Waals surface area contributed by atoms with Crippen LogP contribution in [0.1, 0.15) is 58.9 Å². The number of nitrogens with one attached hydrogen (secondary N) is 1. The number of aliphatic hydroxyl groups excluding tert-OH is 1. The molecule has 1 aromatic carbocycles. The Morgan fingerprint density at radius 3 is 2.27 bits per heavy atom. The number of amides is 2. The second kappa shape index (κ2) is 12.6. The molecule has 3 atom stereocenters. The van der Waals surface area contributed by atoms with Crippen molar-refractivity contribution in [1.29, 1.82) is 0 Å². The van der Waals surface area contributed by atoms with Gasteiger partial charge in [0.05, 0.1) is 6.61 Å². The van der Waals surface area contributed by atoms with Crippen LogP contribution in [0.5, 0.6) is 0 Å². The maximum atomic E-state index is 14.6. The molecule has 188 valence electrons. The van der Waals surface area contributed by atoms with E-state index in [2.05, 4.69) is 51.3 Å². The Hall–Kier alpha value is -1.77. The van der Waals surface area contributed by atoms with Crippen LogP contribution in [0.3, 0.4) is 0 Å². The predicted molar refractivity (Wildman–Crippen MR) is 133 cm³/mol. The van der Waals surface area contributed by atoms with Crippen LogP contribution in [0.2, 0.25) is 18.1 Å². The van der Waals surface area contributed by atoms with E-state index in [1.807, 2.05) is 18.2 Å². The Kier molecular flexibility index (Phi) is 11.2. The zero-order valence-electron chi connectivity index (χ0n) is 21.1. The second-order valence-corrected chi connectivity index (χ2v) is 15.3. The lowest BCUT2D eigenvalue weighted by molar-refractivity contribution is -0.131. The van der Waals surface area contributed by atoms with E-state index in [4.69, 9.17) is 15.3 Å². The van der Waals surface area contributed by atoms with E-state index in [0.717, 1.165) is 19.8 Å². The summed E-state index contributed by atoms with van der Waals surface area (Å²) in [6.07, 6.45) is 1.75. The highest BCUT2D eigenvalue weighted by atomic mass is 28.4. The molecule has 0 aliphatic carbocycles. The maximum Gasteiger partial charge on any atom is 0.254 e. The summed E-state index contributed by atoms with van der Waals surface area (Å²) in [4.78, 5) is 24.3. The Morgan fingerprint density at radius 2 is 1.76 bits per heavy atom. The molecule has 0 radical (unpaired) electrons. The van der Waals surface area contributed by atoms with Crippen molar-refractivity contribution in [2.75, 3.05) is 13.2 Å². The zero-order chi connectivity index (χ0) is 25.3. The van der Waals surface area contributed by atoms with Gasteiger partial charge in [-0.2, -0.15) is 0 Å². The molecule has 1 rings (SSSR count). The second-order valence-electron chi connectivity index (χ2n) is 10.6. The number of hydrogen-bond acceptors (Lipinski definition) is 4. The Morgan fingerprint density at radius 1 is 1.15 bits per heavy atom. The first kappa shape index (κ1) is 29.3. The van der Waals surface area contributed by atoms with Crippen molar-refractivity contribution in [2.24, 2.45) is 11.7 Å². The number of hydrogen-bond donors (Lipinski definition) is 3. The molecule has 0 fully saturated rings. The van der Waals surface area contributed by atoms with Gasteiger partial charge in [0, 0.05) is 18.6 Å². The largest absolute Gasteiger partial charge is 0.414 e. The molecule has 33 heavy (non-hydrogen) atoms. The van der Waals surface area contributed by atoms with Crippen molar-refractivity contribution in [3.63, 3.8) is 0 Å². The summed E-state index contributed by atoms with van der Waals surface area (Å²) < 4.78 is 21.3. The van der Waals surface area contributed by atoms with Crippen molar-refractivity contribution >= 4 is 20.1 Å². The smallest absolute Gasteiger partial charge is 0.254 e. The number of alkyl halides is 1. The minimum atomic E-state index is -2.19. The molecule has 0 saturated heterocycles. The predicted octanol–water partition coefficient (Wildman–Crippen LogP) is 4.12. The number of carbonyl (C=O) groups is 2. The lowest BCUT2D eigenvalue weighted by Gasteiger charge is -2.40. The van der Waals surface area contributed by atoms with Crippen molar-refractivity contribution < 1.29 is 23.5 Å². The van der Waals surface area contributed by atoms with Crippen LogP contribution in [0.4, 0.5) is 4.39 Å². The van der Waals surface area contributed by atoms with Gasteiger partial charge in [0.25, 0.3) is 5.91 Å². The third-order valence-corrected chi connectivity index (χ3v) is 11.2. The van der Waals surface area contributed by atoms with Crippen LogP contribution >= 0.6 is 0 Å². The highest BCUT2D eigenvalue weighted by Crippen LogP contribution is 2.39. The Bertz CT molecular complexity index is 751. The van der Waals surface area contributed by atoms with Gasteiger partial charge >= 0.3 is 0 Å². The van der Waals surface area contributed by atoms with Crippen LogP contribution in [0.15, 0.2) is 30.3 Å². The number of primary amides is 1. The quantitative estimate of drug-likeness (QED) is 0.347. The summed E-state index contributed by atoms with van der Waals surface area (Å²) in [7, 11) is -2.13. The fourth-order valence-electron chi connectivity index (χ4n) is 3.36. The average Bonchev–Trinajstić information content (AvgIpc) is 2.72. The SMILES string of the molecule is CC(F)(CCC(CC(CCc1ccccc1)O[Si](C)(C)C(C)(C)C)C(=O)NCCO)C(N)=O. The van der Waals surface area contributed by atoms with Gasteiger partial charge < -0.3 is 20.6 Å². The number of rotatable bonds is 14. The van der Waals surface area contributed by atoms with Crippen molar-refractivity contribution in [2.45, 2.75) is 89.7 Å². The molecular weight excluding hydrogens is 439 g/mol. The molecule has 0 aliphatic heterocycles. The zero-order valence-corrected chi connectivity index (χ0v) is 22.1. The maximum absolute atomic E-state index is 14.6. The van der Waals surface area contributed by atoms with Crippen LogP contribution in [0, 0.1) is 5.92 Å². The van der Waals surface area contributed by atoms with Crippen LogP contribution in [-0.4, -0.2) is 50.2 Å². The highest BCUT2D eigenvalue weighted by molar-refractivity contribution is 6.74. The van der Waals surface area contributed by atoms with Crippen molar-refractivity contribution in [1.82, 2.24) is 5.32 Å². The number of nitrogens with two attached hydrogens (primary N) is 1. The van der Waals surface area contributed by atoms with Gasteiger partial charge in [0.1, 0.15) is 0 Å². The molecule has 0 bridgehead atoms. The van der Waals surface area contributed by atoms with Crippen molar-refractivity contribution in [3.05, 3.63) is 35.9 Å². The number of aryl methyl sites for hydroxylation is 1. The highest BCUT2D eigenvalue weighted by Gasteiger charge is 2.40. The standard InChI is InChI=1S/C25H43FN2O4Si/c1-24(2,3)33(5,6)32-21(13-12-19-10-8-7-9-11-19)18-20(22(30)28-16-17-29)14-15-25(4,26)23(27)31/h7-11,20-21,29H,12-18H2,1-6H3,(H2,27,31)(H,28,30). The molecule has 6 nitrogen and oxygen atoms in total. The van der Waals surface area contributed by atoms with Gasteiger partial charge in [0.2, 0.25) is 5.91 Å². The van der Waals surface area contributed by atoms with E-state index < -0.39 is 25.8 Å². The molecule has 2 amide bonds. The molecule has 0 heterocycles. The monoisotopic (exact) mass is 482 g/mol. The van der Waals surface area contributed by atoms with Gasteiger partial charge in [-0.1, -0.05) is 51.1 Å². The molecule has 0 aliphatic rings. The van der Waals surface area contributed by atoms with Crippen LogP contribution in [0.25, 0.3) is 0 Å². The summed E-state index contributed by atoms with van der Waals surface area (Å²) in [5, 5.41) is 11.8. The summed E-state index contributed by atoms with van der Waals surface area (Å²) in [5.41, 5.74) is 4.19. The first-order chi connectivity index (χ1) is 15.2. The molecule has 0 spiro atoms. The van der Waals surface area contributed by atoms with Crippen LogP contribution in [-0.2, 0) is 20.4 Å². The minimum absolute atomic E-state index is 0.00385. The van der Waals surface area contributed by atoms with Gasteiger partial charge in [-0.25, -0.2) is 4.39 Å². The first-order valence-electron chi connectivity index (χ1n) is 11.8. The van der Waals surface area contributed by atoms with E-state index in [0.29, 0.717) is 6.42 Å². The Balaban J connectivity index is 3.08. The van der Waals surface area contributed by atoms with E-state index in [-0.39, 0.29) is 43.0 Å². The van der Waals surface area contributed by atoms with Gasteiger partial charge in [-0.3, -0.25) is 9.59 Å². The number of carbonyl (C=O) groups excluding carboxylic acids is 2. The summed E-state index contributed by atoms with van der Waals surface area (Å²) >= 11 is 0. The summed E-state index contributed by atoms with van der Waals surface area (Å²) in [6, 6.07) is 10.1. The third-order valence-electron chi connectivity index (χ3n) is 6.67. The Labute approximate surface area is 199 Å². The van der Waals surface area contributed by atoms with Gasteiger partial charge in [-0.05, 0) is 62.7 Å². The fraction of sp³-hybridized carbons (Fsp3) is 0.680. The summed E-state index contributed by atoms with van der Waals surface area (Å²) in [6.45, 7) is 11.9. The topological polar surface area (TPSA) is 102 Å². The minimum Gasteiger partial charge on any atom is -0.414 e. The molecule has 0 saturated carbocycles. The van der Waals surface area contributed by atoms with E-state index in [1.165, 1.54) is 5.56 Å². The molecule has 3 unspecified atom stereocenters. The lowest BCUT2D eigenvalue weighted by atomic mass is 9.88. The third kappa shape index (κ3) is 9.94. The first-order valence-corrected chi connectivity index (χ1v) is 14.7. The van der Waals surface area contributed by atoms with E-state index >= 15 is 0 Å². The summed E-state index contributed by atoms with van der Waals surface area (Å²) in [5.74, 6) is -1.86. The molecule has 8 heteroatoms. The molecule has 1 aromatic rings. The molecule has 4 N–H and O–H groups in total. The van der Waals surface area contributed by atoms with Crippen molar-refractivity contribution in [3.8, 4) is 0 Å². The van der Waals surface area contributed by atoms with Gasteiger partial charge in [-0.15, -0.1) is 0 Å². The molecular formula is C25H43FN2O4Si. The average molecular weight is 483 g/mol. The van der Waals surface area contributed by atoms with E-state index in [1.54, 1.807) is 0 Å². The van der Waals surface area contributed by atoms with Gasteiger partial charge in [0.15, 0.2) is 14.0 Å². The van der Waals surface area contributed by atoms with Crippen LogP contribution < -0.4 is 11.1 Å². The number of aliphatic hydroxyl groups is 1. The fourth-order valence-corrected chi connectivity index (χ4v) is 4.76. The lowest BCUT2D eigenvalue weighted by Crippen LogP contribution is -2.45. The molecule has 0 aromatic heterocycles. The number of halogens is 1. The number of benzene rings is 1. The normalized spacial score (nSPS) is 16.0.